The number of rotatable bonds is 11. The Balaban J connectivity index is 1.28. The number of aliphatic hydroxyl groups is 1. The number of nitrogens with zero attached hydrogens (tertiary/aromatic N) is 3. The van der Waals surface area contributed by atoms with E-state index in [-0.39, 0.29) is 26.0 Å². The van der Waals surface area contributed by atoms with Gasteiger partial charge in [0.15, 0.2) is 11.8 Å². The van der Waals surface area contributed by atoms with Gasteiger partial charge in [0, 0.05) is 41.9 Å². The van der Waals surface area contributed by atoms with Crippen molar-refractivity contribution in [2.45, 2.75) is 56.8 Å². The fourth-order valence-corrected chi connectivity index (χ4v) is 7.07. The number of nitrogens with one attached hydrogen (secondary N) is 1. The molecule has 2 N–H and O–H groups in total. The first-order chi connectivity index (χ1) is 21.3. The van der Waals surface area contributed by atoms with E-state index in [4.69, 9.17) is 40.5 Å². The monoisotopic (exact) mass is 670 g/mol. The van der Waals surface area contributed by atoms with Crippen LogP contribution in [-0.2, 0) is 30.6 Å². The van der Waals surface area contributed by atoms with Crippen LogP contribution in [0.5, 0.6) is 6.01 Å². The minimum absolute atomic E-state index is 0.209. The highest BCUT2D eigenvalue weighted by molar-refractivity contribution is 8.00. The Bertz CT molecular complexity index is 1780. The topological polar surface area (TPSA) is 117 Å². The van der Waals surface area contributed by atoms with Crippen LogP contribution in [0.3, 0.4) is 0 Å². The molecular weight excluding hydrogens is 632 g/mol. The maximum Gasteiger partial charge on any atom is 0.301 e. The van der Waals surface area contributed by atoms with Gasteiger partial charge in [0.2, 0.25) is 0 Å². The second-order valence-electron chi connectivity index (χ2n) is 12.9. The second kappa shape index (κ2) is 12.7. The third kappa shape index (κ3) is 7.38. The number of hydrogen-bond donors (Lipinski definition) is 2. The van der Waals surface area contributed by atoms with E-state index >= 15 is 0 Å². The van der Waals surface area contributed by atoms with Crippen LogP contribution in [0.25, 0.3) is 33.5 Å². The van der Waals surface area contributed by atoms with Gasteiger partial charge in [-0.3, -0.25) is 4.57 Å². The van der Waals surface area contributed by atoms with Crippen LogP contribution in [0.4, 0.5) is 5.69 Å². The summed E-state index contributed by atoms with van der Waals surface area (Å²) in [4.78, 5) is 9.70. The van der Waals surface area contributed by atoms with Crippen LogP contribution < -0.4 is 9.46 Å². The zero-order chi connectivity index (χ0) is 31.9. The van der Waals surface area contributed by atoms with Gasteiger partial charge in [-0.15, -0.1) is 0 Å². The first-order valence-corrected chi connectivity index (χ1v) is 21.1. The van der Waals surface area contributed by atoms with Crippen molar-refractivity contribution in [2.75, 3.05) is 30.8 Å². The minimum atomic E-state index is -2.35. The lowest BCUT2D eigenvalue weighted by Gasteiger charge is -2.19. The Morgan fingerprint density at radius 3 is 2.36 bits per heavy atom. The zero-order valence-corrected chi connectivity index (χ0v) is 28.4. The van der Waals surface area contributed by atoms with Crippen LogP contribution in [0.15, 0.2) is 54.6 Å². The molecule has 2 saturated heterocycles. The predicted molar refractivity (Wildman–Crippen MR) is 182 cm³/mol. The average molecular weight is 671 g/mol. The van der Waals surface area contributed by atoms with Crippen LogP contribution in [-0.4, -0.2) is 88.3 Å². The van der Waals surface area contributed by atoms with E-state index < -0.39 is 36.1 Å². The maximum absolute atomic E-state index is 12.0. The molecule has 10 nitrogen and oxygen atoms in total. The summed E-state index contributed by atoms with van der Waals surface area (Å²) in [5, 5.41) is 10.6. The van der Waals surface area contributed by atoms with Gasteiger partial charge >= 0.3 is 6.01 Å². The molecule has 0 saturated carbocycles. The number of ether oxygens (including phenoxy) is 4. The SMILES string of the molecule is C=S(C)(=O)Nc1ccc(-c2ccc(-c3nc4c(cc3Cl)nc(O[C@@H]3CO[C@H]5[C@@H]3OC[C@H]5O)n4COCC[Si](C)(C)C)cc2)cc1. The van der Waals surface area contributed by atoms with E-state index in [0.717, 1.165) is 28.4 Å². The van der Waals surface area contributed by atoms with Gasteiger partial charge in [-0.05, 0) is 41.2 Å². The van der Waals surface area contributed by atoms with Gasteiger partial charge in [0.05, 0.1) is 23.9 Å². The standard InChI is InChI=1S/C32H39ClN4O6SSi/c1-44(2,39)36-23-12-10-21(11-13-23)20-6-8-22(9-7-20)28-24(33)16-25-31(35-28)37(19-40-14-15-45(3,4)5)32(34-25)43-27-18-42-29-26(38)17-41-30(27)29/h6-13,16,26-27,29-30,38H,1,14-15,17-19H2,2-5H3,(H,36,39)/t26-,27-,29-,30-,44?/m1/s1. The first-order valence-electron chi connectivity index (χ1n) is 14.9. The molecular formula is C32H39ClN4O6SSi. The third-order valence-electron chi connectivity index (χ3n) is 7.80. The lowest BCUT2D eigenvalue weighted by molar-refractivity contribution is 0.00336. The molecule has 4 heterocycles. The Morgan fingerprint density at radius 2 is 1.69 bits per heavy atom. The molecule has 240 valence electrons. The molecule has 2 aromatic carbocycles. The van der Waals surface area contributed by atoms with Gasteiger partial charge in [0.25, 0.3) is 0 Å². The molecule has 0 bridgehead atoms. The predicted octanol–water partition coefficient (Wildman–Crippen LogP) is 5.31. The molecule has 0 spiro atoms. The fraction of sp³-hybridized carbons (Fsp3) is 0.406. The van der Waals surface area contributed by atoms with E-state index in [9.17, 15) is 9.32 Å². The lowest BCUT2D eigenvalue weighted by atomic mass is 10.0. The number of anilines is 1. The van der Waals surface area contributed by atoms with Crippen molar-refractivity contribution in [3.63, 3.8) is 0 Å². The quantitative estimate of drug-likeness (QED) is 0.125. The highest BCUT2D eigenvalue weighted by atomic mass is 35.5. The van der Waals surface area contributed by atoms with E-state index in [0.29, 0.717) is 34.5 Å². The number of benzene rings is 2. The first kappa shape index (κ1) is 32.0. The molecule has 5 atom stereocenters. The largest absolute Gasteiger partial charge is 0.456 e. The summed E-state index contributed by atoms with van der Waals surface area (Å²) in [5.74, 6) is 3.64. The molecule has 2 aliphatic heterocycles. The summed E-state index contributed by atoms with van der Waals surface area (Å²) >= 11 is 6.78. The maximum atomic E-state index is 12.0. The Morgan fingerprint density at radius 1 is 1.04 bits per heavy atom. The number of aliphatic hydroxyl groups excluding tert-OH is 1. The van der Waals surface area contributed by atoms with Crippen LogP contribution in [0.2, 0.25) is 30.7 Å². The molecule has 45 heavy (non-hydrogen) atoms. The molecule has 0 amide bonds. The average Bonchev–Trinajstić information content (AvgIpc) is 3.65. The molecule has 0 radical (unpaired) electrons. The summed E-state index contributed by atoms with van der Waals surface area (Å²) < 4.78 is 40.7. The molecule has 13 heteroatoms. The number of pyridine rings is 1. The van der Waals surface area contributed by atoms with Gasteiger partial charge in [-0.25, -0.2) is 9.19 Å². The van der Waals surface area contributed by atoms with Crippen molar-refractivity contribution in [1.82, 2.24) is 14.5 Å². The van der Waals surface area contributed by atoms with Crippen LogP contribution in [0, 0.1) is 0 Å². The van der Waals surface area contributed by atoms with E-state index in [1.165, 1.54) is 0 Å². The molecule has 2 aliphatic rings. The number of fused-ring (bicyclic) bond motifs is 2. The lowest BCUT2D eigenvalue weighted by Crippen LogP contribution is -2.35. The molecule has 0 aliphatic carbocycles. The van der Waals surface area contributed by atoms with Gasteiger partial charge in [-0.2, -0.15) is 4.98 Å². The van der Waals surface area contributed by atoms with Crippen molar-refractivity contribution < 1.29 is 28.3 Å². The van der Waals surface area contributed by atoms with E-state index in [1.807, 2.05) is 53.1 Å². The Kier molecular flexibility index (Phi) is 9.01. The Labute approximate surface area is 269 Å². The van der Waals surface area contributed by atoms with E-state index in [2.05, 4.69) is 30.2 Å². The summed E-state index contributed by atoms with van der Waals surface area (Å²) in [7, 11) is -3.64. The van der Waals surface area contributed by atoms with Crippen LogP contribution in [0.1, 0.15) is 0 Å². The molecule has 6 rings (SSSR count). The summed E-state index contributed by atoms with van der Waals surface area (Å²) in [6.07, 6.45) is -0.333. The molecule has 4 aromatic rings. The van der Waals surface area contributed by atoms with Crippen molar-refractivity contribution in [3.8, 4) is 28.4 Å². The van der Waals surface area contributed by atoms with Crippen molar-refractivity contribution in [2.24, 2.45) is 0 Å². The van der Waals surface area contributed by atoms with Gasteiger partial charge < -0.3 is 28.8 Å². The third-order valence-corrected chi connectivity index (χ3v) is 10.5. The van der Waals surface area contributed by atoms with Gasteiger partial charge in [0.1, 0.15) is 30.6 Å². The summed E-state index contributed by atoms with van der Waals surface area (Å²) in [6, 6.07) is 18.9. The number of imidazole rings is 1. The normalized spacial score (nSPS) is 22.8. The fourth-order valence-electron chi connectivity index (χ4n) is 5.43. The minimum Gasteiger partial charge on any atom is -0.456 e. The van der Waals surface area contributed by atoms with Crippen molar-refractivity contribution in [3.05, 3.63) is 59.6 Å². The Hall–Kier alpha value is -2.97. The van der Waals surface area contributed by atoms with Gasteiger partial charge in [-0.1, -0.05) is 67.6 Å². The second-order valence-corrected chi connectivity index (χ2v) is 21.2. The summed E-state index contributed by atoms with van der Waals surface area (Å²) in [6.45, 7) is 8.26. The highest BCUT2D eigenvalue weighted by Crippen LogP contribution is 2.35. The smallest absolute Gasteiger partial charge is 0.301 e. The van der Waals surface area contributed by atoms with E-state index in [1.54, 1.807) is 12.3 Å². The zero-order valence-electron chi connectivity index (χ0n) is 25.9. The van der Waals surface area contributed by atoms with Crippen molar-refractivity contribution in [1.29, 1.82) is 0 Å². The molecule has 1 unspecified atom stereocenters. The number of halogens is 1. The van der Waals surface area contributed by atoms with Crippen LogP contribution >= 0.6 is 11.6 Å². The molecule has 2 fully saturated rings. The highest BCUT2D eigenvalue weighted by Gasteiger charge is 2.49. The number of aromatic nitrogens is 3. The molecule has 2 aromatic heterocycles. The van der Waals surface area contributed by atoms with Crippen molar-refractivity contribution >= 4 is 52.1 Å². The number of hydrogen-bond acceptors (Lipinski definition) is 8. The summed E-state index contributed by atoms with van der Waals surface area (Å²) in [5.41, 5.74) is 5.42.